The van der Waals surface area contributed by atoms with E-state index in [9.17, 15) is 4.79 Å². The predicted molar refractivity (Wildman–Crippen MR) is 112 cm³/mol. The van der Waals surface area contributed by atoms with Crippen LogP contribution in [-0.4, -0.2) is 40.8 Å². The molecule has 0 spiro atoms. The first-order valence-corrected chi connectivity index (χ1v) is 9.85. The van der Waals surface area contributed by atoms with Crippen molar-refractivity contribution in [3.63, 3.8) is 0 Å². The van der Waals surface area contributed by atoms with E-state index in [4.69, 9.17) is 5.73 Å². The molecule has 1 aliphatic rings. The third kappa shape index (κ3) is 4.37. The van der Waals surface area contributed by atoms with Crippen LogP contribution in [0.15, 0.2) is 18.5 Å². The van der Waals surface area contributed by atoms with Crippen LogP contribution in [0.4, 0.5) is 17.1 Å². The van der Waals surface area contributed by atoms with Gasteiger partial charge in [-0.15, -0.1) is 0 Å². The van der Waals surface area contributed by atoms with E-state index < -0.39 is 0 Å². The summed E-state index contributed by atoms with van der Waals surface area (Å²) in [5.74, 6) is 1.48. The number of nitrogens with two attached hydrogens (primary N) is 1. The van der Waals surface area contributed by atoms with Crippen LogP contribution < -0.4 is 21.3 Å². The number of amides is 1. The molecule has 152 valence electrons. The number of nitrogens with zero attached hydrogens (tertiary/aromatic N) is 4. The van der Waals surface area contributed by atoms with E-state index >= 15 is 0 Å². The van der Waals surface area contributed by atoms with Gasteiger partial charge in [0.2, 0.25) is 0 Å². The fraction of sp³-hybridized carbons (Fsp3) is 0.550. The Balaban J connectivity index is 1.85. The number of benzene rings is 1. The monoisotopic (exact) mass is 385 g/mol. The minimum atomic E-state index is -0.0753. The van der Waals surface area contributed by atoms with Crippen LogP contribution in [-0.2, 0) is 13.6 Å². The number of aromatic nitrogens is 3. The molecule has 4 N–H and O–H groups in total. The first-order valence-electron chi connectivity index (χ1n) is 9.85. The lowest BCUT2D eigenvalue weighted by molar-refractivity contribution is 0.0923. The Labute approximate surface area is 166 Å². The van der Waals surface area contributed by atoms with Crippen molar-refractivity contribution in [1.29, 1.82) is 0 Å². The average Bonchev–Trinajstić information content (AvgIpc) is 3.07. The minimum Gasteiger partial charge on any atom is -0.397 e. The van der Waals surface area contributed by atoms with Gasteiger partial charge in [-0.3, -0.25) is 9.48 Å². The first-order chi connectivity index (χ1) is 13.4. The normalized spacial score (nSPS) is 19.3. The highest BCUT2D eigenvalue weighted by Gasteiger charge is 2.23. The maximum Gasteiger partial charge on any atom is 0.253 e. The molecular weight excluding hydrogens is 354 g/mol. The maximum atomic E-state index is 13.1. The van der Waals surface area contributed by atoms with Crippen LogP contribution >= 0.6 is 0 Å². The lowest BCUT2D eigenvalue weighted by Crippen LogP contribution is -2.38. The van der Waals surface area contributed by atoms with Crippen LogP contribution in [0, 0.1) is 5.92 Å². The molecule has 2 aromatic rings. The summed E-state index contributed by atoms with van der Waals surface area (Å²) in [6.07, 6.45) is 5.90. The van der Waals surface area contributed by atoms with Gasteiger partial charge in [0.15, 0.2) is 0 Å². The highest BCUT2D eigenvalue weighted by molar-refractivity contribution is 6.02. The maximum absolute atomic E-state index is 13.1. The first kappa shape index (κ1) is 20.0. The SMILES string of the molecule is CNc1cc(N(C)Cc2ncnn2C)c(C(=O)NC2CCC(C)CC2)cc1N. The van der Waals surface area contributed by atoms with E-state index in [-0.39, 0.29) is 11.9 Å². The van der Waals surface area contributed by atoms with Gasteiger partial charge in [0.05, 0.1) is 29.2 Å². The summed E-state index contributed by atoms with van der Waals surface area (Å²) in [5, 5.41) is 10.4. The van der Waals surface area contributed by atoms with Gasteiger partial charge in [0.25, 0.3) is 5.91 Å². The van der Waals surface area contributed by atoms with Gasteiger partial charge in [-0.1, -0.05) is 6.92 Å². The molecule has 3 rings (SSSR count). The van der Waals surface area contributed by atoms with E-state index in [1.807, 2.05) is 32.1 Å². The molecule has 0 bridgehead atoms. The molecule has 0 radical (unpaired) electrons. The highest BCUT2D eigenvalue weighted by Crippen LogP contribution is 2.31. The molecule has 0 unspecified atom stereocenters. The standard InChI is InChI=1S/C20H31N7O/c1-13-5-7-14(8-6-13)25-20(28)15-9-16(21)17(22-2)10-18(15)26(3)11-19-23-12-24-27(19)4/h9-10,12-14,22H,5-8,11,21H2,1-4H3,(H,25,28). The zero-order chi connectivity index (χ0) is 20.3. The number of carbonyl (C=O) groups excluding carboxylic acids is 1. The fourth-order valence-corrected chi connectivity index (χ4v) is 3.75. The van der Waals surface area contributed by atoms with Crippen molar-refractivity contribution in [3.05, 3.63) is 29.8 Å². The number of aryl methyl sites for hydroxylation is 1. The Morgan fingerprint density at radius 3 is 2.64 bits per heavy atom. The summed E-state index contributed by atoms with van der Waals surface area (Å²) >= 11 is 0. The van der Waals surface area contributed by atoms with E-state index in [0.717, 1.165) is 48.8 Å². The Kier molecular flexibility index (Phi) is 6.06. The van der Waals surface area contributed by atoms with E-state index in [2.05, 4.69) is 27.6 Å². The predicted octanol–water partition coefficient (Wildman–Crippen LogP) is 2.38. The molecule has 28 heavy (non-hydrogen) atoms. The Morgan fingerprint density at radius 1 is 1.32 bits per heavy atom. The smallest absolute Gasteiger partial charge is 0.253 e. The van der Waals surface area contributed by atoms with Crippen LogP contribution in [0.2, 0.25) is 0 Å². The number of carbonyl (C=O) groups is 1. The van der Waals surface area contributed by atoms with Gasteiger partial charge in [0, 0.05) is 27.2 Å². The molecule has 1 aromatic carbocycles. The average molecular weight is 386 g/mol. The molecule has 1 amide bonds. The van der Waals surface area contributed by atoms with Gasteiger partial charge in [0.1, 0.15) is 12.2 Å². The van der Waals surface area contributed by atoms with E-state index in [1.54, 1.807) is 10.7 Å². The molecule has 1 aliphatic carbocycles. The molecule has 1 aromatic heterocycles. The van der Waals surface area contributed by atoms with Gasteiger partial charge >= 0.3 is 0 Å². The molecule has 0 atom stereocenters. The second kappa shape index (κ2) is 8.50. The molecule has 1 fully saturated rings. The molecule has 1 saturated carbocycles. The second-order valence-corrected chi connectivity index (χ2v) is 7.79. The zero-order valence-electron chi connectivity index (χ0n) is 17.2. The Morgan fingerprint density at radius 2 is 2.04 bits per heavy atom. The Hall–Kier alpha value is -2.77. The van der Waals surface area contributed by atoms with Crippen LogP contribution in [0.3, 0.4) is 0 Å². The summed E-state index contributed by atoms with van der Waals surface area (Å²) in [5.41, 5.74) is 8.90. The lowest BCUT2D eigenvalue weighted by Gasteiger charge is -2.28. The fourth-order valence-electron chi connectivity index (χ4n) is 3.75. The van der Waals surface area contributed by atoms with Gasteiger partial charge in [-0.05, 0) is 43.7 Å². The Bertz CT molecular complexity index is 824. The van der Waals surface area contributed by atoms with Crippen LogP contribution in [0.5, 0.6) is 0 Å². The molecule has 0 aliphatic heterocycles. The number of nitrogens with one attached hydrogen (secondary N) is 2. The molecule has 8 heteroatoms. The van der Waals surface area contributed by atoms with Gasteiger partial charge in [-0.25, -0.2) is 4.98 Å². The van der Waals surface area contributed by atoms with Crippen molar-refractivity contribution < 1.29 is 4.79 Å². The number of hydrogen-bond donors (Lipinski definition) is 3. The summed E-state index contributed by atoms with van der Waals surface area (Å²) in [6.45, 7) is 2.81. The van der Waals surface area contributed by atoms with Crippen molar-refractivity contribution in [2.24, 2.45) is 13.0 Å². The van der Waals surface area contributed by atoms with Crippen molar-refractivity contribution in [2.45, 2.75) is 45.2 Å². The third-order valence-electron chi connectivity index (χ3n) is 5.63. The topological polar surface area (TPSA) is 101 Å². The zero-order valence-corrected chi connectivity index (χ0v) is 17.2. The number of rotatable bonds is 6. The quantitative estimate of drug-likeness (QED) is 0.660. The van der Waals surface area contributed by atoms with Crippen molar-refractivity contribution in [1.82, 2.24) is 20.1 Å². The van der Waals surface area contributed by atoms with Crippen molar-refractivity contribution >= 4 is 23.0 Å². The van der Waals surface area contributed by atoms with Gasteiger partial charge < -0.3 is 21.3 Å². The summed E-state index contributed by atoms with van der Waals surface area (Å²) in [6, 6.07) is 3.91. The van der Waals surface area contributed by atoms with Crippen LogP contribution in [0.25, 0.3) is 0 Å². The summed E-state index contributed by atoms with van der Waals surface area (Å²) in [4.78, 5) is 19.4. The molecule has 8 nitrogen and oxygen atoms in total. The van der Waals surface area contributed by atoms with E-state index in [1.165, 1.54) is 6.33 Å². The molecule has 1 heterocycles. The number of anilines is 3. The largest absolute Gasteiger partial charge is 0.397 e. The highest BCUT2D eigenvalue weighted by atomic mass is 16.1. The minimum absolute atomic E-state index is 0.0753. The van der Waals surface area contributed by atoms with Gasteiger partial charge in [-0.2, -0.15) is 5.10 Å². The summed E-state index contributed by atoms with van der Waals surface area (Å²) in [7, 11) is 5.62. The van der Waals surface area contributed by atoms with Crippen molar-refractivity contribution in [3.8, 4) is 0 Å². The molecular formula is C20H31N7O. The van der Waals surface area contributed by atoms with Crippen molar-refractivity contribution in [2.75, 3.05) is 30.0 Å². The van der Waals surface area contributed by atoms with E-state index in [0.29, 0.717) is 17.8 Å². The second-order valence-electron chi connectivity index (χ2n) is 7.79. The number of hydrogen-bond acceptors (Lipinski definition) is 6. The molecule has 0 saturated heterocycles. The van der Waals surface area contributed by atoms with Crippen LogP contribution in [0.1, 0.15) is 48.8 Å². The lowest BCUT2D eigenvalue weighted by atomic mass is 9.87. The third-order valence-corrected chi connectivity index (χ3v) is 5.63. The summed E-state index contributed by atoms with van der Waals surface area (Å²) < 4.78 is 1.73. The number of nitrogen functional groups attached to an aromatic ring is 1.